The Hall–Kier alpha value is -3.92. The van der Waals surface area contributed by atoms with Crippen LogP contribution in [0.4, 0.5) is 11.5 Å². The number of benzene rings is 1. The van der Waals surface area contributed by atoms with Crippen molar-refractivity contribution in [2.24, 2.45) is 0 Å². The average molecular weight is 496 g/mol. The van der Waals surface area contributed by atoms with Crippen molar-refractivity contribution in [2.45, 2.75) is 13.1 Å². The van der Waals surface area contributed by atoms with E-state index in [4.69, 9.17) is 10.2 Å². The first-order valence-corrected chi connectivity index (χ1v) is 10.3. The van der Waals surface area contributed by atoms with Gasteiger partial charge in [-0.25, -0.2) is 4.79 Å². The smallest absolute Gasteiger partial charge is 0.330 e. The van der Waals surface area contributed by atoms with Crippen molar-refractivity contribution in [3.05, 3.63) is 109 Å². The third-order valence-corrected chi connectivity index (χ3v) is 5.19. The van der Waals surface area contributed by atoms with Gasteiger partial charge < -0.3 is 10.2 Å². The van der Waals surface area contributed by atoms with Gasteiger partial charge in [-0.2, -0.15) is 0 Å². The normalized spacial score (nSPS) is 10.8. The molecule has 0 aliphatic rings. The molecule has 1 aromatic carbocycles. The molecule has 9 nitrogen and oxygen atoms in total. The van der Waals surface area contributed by atoms with Crippen LogP contribution >= 0.6 is 15.9 Å². The summed E-state index contributed by atoms with van der Waals surface area (Å²) in [6.45, 7) is 0.0473. The first kappa shape index (κ1) is 21.3. The second-order valence-electron chi connectivity index (χ2n) is 6.93. The lowest BCUT2D eigenvalue weighted by Crippen LogP contribution is -2.41. The molecular weight excluding hydrogens is 478 g/mol. The van der Waals surface area contributed by atoms with E-state index in [1.165, 1.54) is 28.1 Å². The lowest BCUT2D eigenvalue weighted by Gasteiger charge is -2.24. The van der Waals surface area contributed by atoms with Gasteiger partial charge in [0.05, 0.1) is 24.9 Å². The van der Waals surface area contributed by atoms with Gasteiger partial charge in [0.2, 0.25) is 0 Å². The average Bonchev–Trinajstić information content (AvgIpc) is 3.29. The molecule has 0 radical (unpaired) electrons. The molecule has 3 heterocycles. The van der Waals surface area contributed by atoms with Crippen LogP contribution in [0.1, 0.15) is 21.7 Å². The van der Waals surface area contributed by atoms with Crippen molar-refractivity contribution in [1.29, 1.82) is 0 Å². The molecule has 0 aliphatic carbocycles. The van der Waals surface area contributed by atoms with Crippen molar-refractivity contribution in [3.63, 3.8) is 0 Å². The first-order chi connectivity index (χ1) is 15.4. The van der Waals surface area contributed by atoms with Gasteiger partial charge in [-0.3, -0.25) is 29.0 Å². The number of halogens is 1. The fourth-order valence-electron chi connectivity index (χ4n) is 3.26. The summed E-state index contributed by atoms with van der Waals surface area (Å²) in [7, 11) is 0. The minimum atomic E-state index is -0.778. The van der Waals surface area contributed by atoms with Gasteiger partial charge in [0.25, 0.3) is 11.5 Å². The van der Waals surface area contributed by atoms with E-state index in [0.29, 0.717) is 10.2 Å². The van der Waals surface area contributed by atoms with E-state index in [-0.39, 0.29) is 30.2 Å². The van der Waals surface area contributed by atoms with Gasteiger partial charge >= 0.3 is 5.69 Å². The van der Waals surface area contributed by atoms with Gasteiger partial charge in [-0.15, -0.1) is 0 Å². The maximum Gasteiger partial charge on any atom is 0.330 e. The third-order valence-electron chi connectivity index (χ3n) is 4.76. The number of H-pyrrole nitrogens is 1. The highest BCUT2D eigenvalue weighted by atomic mass is 79.9. The van der Waals surface area contributed by atoms with E-state index in [1.807, 2.05) is 30.3 Å². The van der Waals surface area contributed by atoms with Crippen LogP contribution < -0.4 is 21.9 Å². The topological polar surface area (TPSA) is 127 Å². The molecule has 4 aromatic rings. The molecule has 0 saturated carbocycles. The van der Waals surface area contributed by atoms with E-state index in [2.05, 4.69) is 25.9 Å². The molecular formula is C22H18BrN5O4. The van der Waals surface area contributed by atoms with Crippen LogP contribution in [0, 0.1) is 0 Å². The third kappa shape index (κ3) is 4.40. The number of hydrogen-bond donors (Lipinski definition) is 2. The highest BCUT2D eigenvalue weighted by molar-refractivity contribution is 9.10. The van der Waals surface area contributed by atoms with Crippen LogP contribution in [0.2, 0.25) is 0 Å². The number of pyridine rings is 1. The van der Waals surface area contributed by atoms with Crippen molar-refractivity contribution < 1.29 is 9.21 Å². The fourth-order valence-corrected chi connectivity index (χ4v) is 3.62. The molecule has 0 aliphatic heterocycles. The number of aromatic amines is 1. The van der Waals surface area contributed by atoms with Gasteiger partial charge in [-0.05, 0) is 39.7 Å². The Morgan fingerprint density at radius 2 is 1.94 bits per heavy atom. The SMILES string of the molecule is Nc1c(N(Cc2ccco2)C(=O)c2cncc(Br)c2)c(=O)[nH]c(=O)n1Cc1ccccc1. The largest absolute Gasteiger partial charge is 0.467 e. The van der Waals surface area contributed by atoms with Gasteiger partial charge in [0.15, 0.2) is 5.69 Å². The summed E-state index contributed by atoms with van der Waals surface area (Å²) in [5.41, 5.74) is 5.73. The molecule has 0 fully saturated rings. The highest BCUT2D eigenvalue weighted by Gasteiger charge is 2.27. The van der Waals surface area contributed by atoms with Crippen molar-refractivity contribution in [2.75, 3.05) is 10.6 Å². The number of nitrogens with zero attached hydrogens (tertiary/aromatic N) is 3. The van der Waals surface area contributed by atoms with Crippen molar-refractivity contribution in [1.82, 2.24) is 14.5 Å². The van der Waals surface area contributed by atoms with E-state index in [1.54, 1.807) is 18.2 Å². The van der Waals surface area contributed by atoms with Crippen LogP contribution in [0.15, 0.2) is 85.7 Å². The number of nitrogen functional groups attached to an aromatic ring is 1. The number of rotatable bonds is 6. The van der Waals surface area contributed by atoms with Crippen LogP contribution in [-0.2, 0) is 13.1 Å². The number of hydrogen-bond acceptors (Lipinski definition) is 6. The molecule has 32 heavy (non-hydrogen) atoms. The molecule has 162 valence electrons. The summed E-state index contributed by atoms with van der Waals surface area (Å²) in [5.74, 6) is -0.233. The Morgan fingerprint density at radius 3 is 2.62 bits per heavy atom. The first-order valence-electron chi connectivity index (χ1n) is 9.55. The number of amides is 1. The monoisotopic (exact) mass is 495 g/mol. The minimum Gasteiger partial charge on any atom is -0.467 e. The molecule has 0 atom stereocenters. The molecule has 10 heteroatoms. The summed E-state index contributed by atoms with van der Waals surface area (Å²) in [5, 5.41) is 0. The Kier molecular flexibility index (Phi) is 6.04. The zero-order chi connectivity index (χ0) is 22.7. The number of carbonyl (C=O) groups excluding carboxylic acids is 1. The molecule has 0 spiro atoms. The Balaban J connectivity index is 1.85. The number of anilines is 2. The lowest BCUT2D eigenvalue weighted by molar-refractivity contribution is 0.0982. The van der Waals surface area contributed by atoms with Crippen LogP contribution in [-0.4, -0.2) is 20.4 Å². The predicted molar refractivity (Wildman–Crippen MR) is 122 cm³/mol. The molecule has 4 rings (SSSR count). The van der Waals surface area contributed by atoms with Crippen LogP contribution in [0.3, 0.4) is 0 Å². The standard InChI is InChI=1S/C22H18BrN5O4/c23-16-9-15(10-25-11-16)21(30)27(13-17-7-4-8-32-17)18-19(24)28(22(31)26-20(18)29)12-14-5-2-1-3-6-14/h1-11H,12-13,24H2,(H,26,29,31). The molecule has 0 bridgehead atoms. The molecule has 0 unspecified atom stereocenters. The van der Waals surface area contributed by atoms with E-state index < -0.39 is 17.2 Å². The highest BCUT2D eigenvalue weighted by Crippen LogP contribution is 2.23. The molecule has 3 N–H and O–H groups in total. The second-order valence-corrected chi connectivity index (χ2v) is 7.84. The Labute approximate surface area is 190 Å². The Bertz CT molecular complexity index is 1360. The molecule has 3 aromatic heterocycles. The summed E-state index contributed by atoms with van der Waals surface area (Å²) < 4.78 is 7.19. The summed E-state index contributed by atoms with van der Waals surface area (Å²) in [6.07, 6.45) is 4.38. The number of furan rings is 1. The van der Waals surface area contributed by atoms with Crippen molar-refractivity contribution >= 4 is 33.3 Å². The summed E-state index contributed by atoms with van der Waals surface area (Å²) in [6, 6.07) is 14.1. The predicted octanol–water partition coefficient (Wildman–Crippen LogP) is 2.76. The fraction of sp³-hybridized carbons (Fsp3) is 0.0909. The van der Waals surface area contributed by atoms with Gasteiger partial charge in [0, 0.05) is 16.9 Å². The summed E-state index contributed by atoms with van der Waals surface area (Å²) >= 11 is 3.29. The van der Waals surface area contributed by atoms with E-state index in [0.717, 1.165) is 5.56 Å². The van der Waals surface area contributed by atoms with Gasteiger partial charge in [-0.1, -0.05) is 30.3 Å². The molecule has 1 amide bonds. The number of nitrogens with one attached hydrogen (secondary N) is 1. The van der Waals surface area contributed by atoms with Crippen LogP contribution in [0.25, 0.3) is 0 Å². The zero-order valence-corrected chi connectivity index (χ0v) is 18.3. The molecule has 0 saturated heterocycles. The van der Waals surface area contributed by atoms with Crippen LogP contribution in [0.5, 0.6) is 0 Å². The Morgan fingerprint density at radius 1 is 1.16 bits per heavy atom. The zero-order valence-electron chi connectivity index (χ0n) is 16.7. The number of carbonyl (C=O) groups is 1. The second kappa shape index (κ2) is 9.06. The maximum absolute atomic E-state index is 13.4. The lowest BCUT2D eigenvalue weighted by atomic mass is 10.2. The summed E-state index contributed by atoms with van der Waals surface area (Å²) in [4.78, 5) is 46.2. The van der Waals surface area contributed by atoms with E-state index >= 15 is 0 Å². The van der Waals surface area contributed by atoms with E-state index in [9.17, 15) is 14.4 Å². The van der Waals surface area contributed by atoms with Gasteiger partial charge in [0.1, 0.15) is 11.6 Å². The number of nitrogens with two attached hydrogens (primary N) is 1. The maximum atomic E-state index is 13.4. The van der Waals surface area contributed by atoms with Crippen molar-refractivity contribution in [3.8, 4) is 0 Å². The quantitative estimate of drug-likeness (QED) is 0.423. The number of aromatic nitrogens is 3. The minimum absolute atomic E-state index is 0.0742.